The number of hydrogen-bond acceptors (Lipinski definition) is 3. The predicted octanol–water partition coefficient (Wildman–Crippen LogP) is 2.77. The standard InChI is InChI=1S/C14H12F3N3O/c1-20(13(21)11-5-6-18-19-8-11)9-10-3-2-4-12(7-10)14(15,16)17/h2-8H,9H2,1H3. The number of amides is 1. The van der Waals surface area contributed by atoms with Crippen LogP contribution >= 0.6 is 0 Å². The Morgan fingerprint density at radius 3 is 2.62 bits per heavy atom. The third-order valence-corrected chi connectivity index (χ3v) is 2.85. The third kappa shape index (κ3) is 3.77. The third-order valence-electron chi connectivity index (χ3n) is 2.85. The molecule has 0 bridgehead atoms. The minimum Gasteiger partial charge on any atom is -0.337 e. The van der Waals surface area contributed by atoms with Gasteiger partial charge in [-0.1, -0.05) is 12.1 Å². The highest BCUT2D eigenvalue weighted by atomic mass is 19.4. The van der Waals surface area contributed by atoms with Crippen molar-refractivity contribution in [2.24, 2.45) is 0 Å². The van der Waals surface area contributed by atoms with Crippen molar-refractivity contribution in [3.05, 3.63) is 59.4 Å². The maximum atomic E-state index is 12.6. The number of carbonyl (C=O) groups excluding carboxylic acids is 1. The summed E-state index contributed by atoms with van der Waals surface area (Å²) in [4.78, 5) is 13.4. The van der Waals surface area contributed by atoms with E-state index in [4.69, 9.17) is 0 Å². The molecule has 0 fully saturated rings. The molecule has 0 saturated carbocycles. The van der Waals surface area contributed by atoms with Crippen molar-refractivity contribution >= 4 is 5.91 Å². The summed E-state index contributed by atoms with van der Waals surface area (Å²) in [5, 5.41) is 7.16. The normalized spacial score (nSPS) is 11.2. The van der Waals surface area contributed by atoms with E-state index >= 15 is 0 Å². The first-order valence-electron chi connectivity index (χ1n) is 6.06. The Hall–Kier alpha value is -2.44. The number of nitrogens with zero attached hydrogens (tertiary/aromatic N) is 3. The van der Waals surface area contributed by atoms with Crippen molar-refractivity contribution in [3.8, 4) is 0 Å². The van der Waals surface area contributed by atoms with E-state index in [2.05, 4.69) is 10.2 Å². The molecular formula is C14H12F3N3O. The Kier molecular flexibility index (Phi) is 4.21. The summed E-state index contributed by atoms with van der Waals surface area (Å²) in [6, 6.07) is 6.40. The molecule has 0 aliphatic heterocycles. The lowest BCUT2D eigenvalue weighted by molar-refractivity contribution is -0.137. The summed E-state index contributed by atoms with van der Waals surface area (Å²) in [6.07, 6.45) is -1.70. The van der Waals surface area contributed by atoms with E-state index < -0.39 is 11.7 Å². The number of alkyl halides is 3. The van der Waals surface area contributed by atoms with Gasteiger partial charge < -0.3 is 4.90 Å². The van der Waals surface area contributed by atoms with Gasteiger partial charge >= 0.3 is 6.18 Å². The van der Waals surface area contributed by atoms with Crippen LogP contribution < -0.4 is 0 Å². The summed E-state index contributed by atoms with van der Waals surface area (Å²) in [5.74, 6) is -0.331. The van der Waals surface area contributed by atoms with Crippen LogP contribution in [0.2, 0.25) is 0 Å². The van der Waals surface area contributed by atoms with Crippen molar-refractivity contribution in [1.29, 1.82) is 0 Å². The van der Waals surface area contributed by atoms with E-state index in [0.29, 0.717) is 11.1 Å². The summed E-state index contributed by atoms with van der Waals surface area (Å²) < 4.78 is 37.9. The van der Waals surface area contributed by atoms with Gasteiger partial charge in [-0.25, -0.2) is 0 Å². The monoisotopic (exact) mass is 295 g/mol. The SMILES string of the molecule is CN(Cc1cccc(C(F)(F)F)c1)C(=O)c1ccnnc1. The maximum absolute atomic E-state index is 12.6. The molecule has 0 N–H and O–H groups in total. The second-order valence-electron chi connectivity index (χ2n) is 4.49. The Morgan fingerprint density at radius 2 is 2.00 bits per heavy atom. The Labute approximate surface area is 119 Å². The zero-order valence-corrected chi connectivity index (χ0v) is 11.1. The molecule has 0 atom stereocenters. The predicted molar refractivity (Wildman–Crippen MR) is 69.3 cm³/mol. The second-order valence-corrected chi connectivity index (χ2v) is 4.49. The highest BCUT2D eigenvalue weighted by molar-refractivity contribution is 5.93. The topological polar surface area (TPSA) is 46.1 Å². The van der Waals surface area contributed by atoms with Crippen LogP contribution in [-0.4, -0.2) is 28.1 Å². The molecule has 1 heterocycles. The van der Waals surface area contributed by atoms with Crippen LogP contribution in [0.3, 0.4) is 0 Å². The Morgan fingerprint density at radius 1 is 1.24 bits per heavy atom. The molecule has 21 heavy (non-hydrogen) atoms. The summed E-state index contributed by atoms with van der Waals surface area (Å²) in [7, 11) is 1.52. The van der Waals surface area contributed by atoms with Crippen LogP contribution in [0.1, 0.15) is 21.5 Å². The van der Waals surface area contributed by atoms with Crippen molar-refractivity contribution in [1.82, 2.24) is 15.1 Å². The molecule has 0 radical (unpaired) electrons. The van der Waals surface area contributed by atoms with Gasteiger partial charge in [0.1, 0.15) is 0 Å². The van der Waals surface area contributed by atoms with Crippen molar-refractivity contribution in [2.75, 3.05) is 7.05 Å². The lowest BCUT2D eigenvalue weighted by Gasteiger charge is -2.18. The van der Waals surface area contributed by atoms with Gasteiger partial charge in [0.25, 0.3) is 5.91 Å². The molecule has 7 heteroatoms. The van der Waals surface area contributed by atoms with Gasteiger partial charge in [-0.15, -0.1) is 0 Å². The van der Waals surface area contributed by atoms with Crippen molar-refractivity contribution in [3.63, 3.8) is 0 Å². The molecule has 2 aromatic rings. The van der Waals surface area contributed by atoms with Gasteiger partial charge in [0.2, 0.25) is 0 Å². The van der Waals surface area contributed by atoms with Gasteiger partial charge in [-0.05, 0) is 23.8 Å². The zero-order chi connectivity index (χ0) is 15.5. The Bertz CT molecular complexity index is 629. The molecule has 1 aromatic heterocycles. The van der Waals surface area contributed by atoms with Gasteiger partial charge in [-0.3, -0.25) is 4.79 Å². The lowest BCUT2D eigenvalue weighted by atomic mass is 10.1. The highest BCUT2D eigenvalue weighted by Gasteiger charge is 2.30. The zero-order valence-electron chi connectivity index (χ0n) is 11.1. The number of benzene rings is 1. The summed E-state index contributed by atoms with van der Waals surface area (Å²) >= 11 is 0. The minimum absolute atomic E-state index is 0.0745. The van der Waals surface area contributed by atoms with E-state index in [1.165, 1.54) is 36.5 Å². The first kappa shape index (κ1) is 15.0. The van der Waals surface area contributed by atoms with Gasteiger partial charge in [0.05, 0.1) is 23.5 Å². The first-order valence-corrected chi connectivity index (χ1v) is 6.06. The number of carbonyl (C=O) groups is 1. The smallest absolute Gasteiger partial charge is 0.337 e. The Balaban J connectivity index is 2.13. The summed E-state index contributed by atoms with van der Waals surface area (Å²) in [5.41, 5.74) is 0.00796. The number of hydrogen-bond donors (Lipinski definition) is 0. The molecule has 1 aromatic carbocycles. The van der Waals surface area contributed by atoms with E-state index in [0.717, 1.165) is 12.1 Å². The van der Waals surface area contributed by atoms with Crippen LogP contribution in [-0.2, 0) is 12.7 Å². The molecule has 0 aliphatic carbocycles. The molecule has 110 valence electrons. The number of aromatic nitrogens is 2. The van der Waals surface area contributed by atoms with Crippen molar-refractivity contribution < 1.29 is 18.0 Å². The lowest BCUT2D eigenvalue weighted by Crippen LogP contribution is -2.26. The van der Waals surface area contributed by atoms with E-state index in [-0.39, 0.29) is 12.5 Å². The minimum atomic E-state index is -4.40. The molecule has 0 spiro atoms. The number of rotatable bonds is 3. The molecule has 0 aliphatic rings. The molecule has 2 rings (SSSR count). The molecule has 4 nitrogen and oxygen atoms in total. The fourth-order valence-corrected chi connectivity index (χ4v) is 1.83. The van der Waals surface area contributed by atoms with Crippen LogP contribution in [0.25, 0.3) is 0 Å². The van der Waals surface area contributed by atoms with E-state index in [9.17, 15) is 18.0 Å². The second kappa shape index (κ2) is 5.90. The fourth-order valence-electron chi connectivity index (χ4n) is 1.83. The largest absolute Gasteiger partial charge is 0.416 e. The maximum Gasteiger partial charge on any atom is 0.416 e. The first-order chi connectivity index (χ1) is 9.88. The van der Waals surface area contributed by atoms with Crippen LogP contribution in [0.5, 0.6) is 0 Å². The average molecular weight is 295 g/mol. The quantitative estimate of drug-likeness (QED) is 0.874. The average Bonchev–Trinajstić information content (AvgIpc) is 2.47. The summed E-state index contributed by atoms with van der Waals surface area (Å²) in [6.45, 7) is 0.0745. The van der Waals surface area contributed by atoms with E-state index in [1.54, 1.807) is 6.07 Å². The number of halogens is 3. The van der Waals surface area contributed by atoms with Gasteiger partial charge in [-0.2, -0.15) is 23.4 Å². The van der Waals surface area contributed by atoms with Crippen molar-refractivity contribution in [2.45, 2.75) is 12.7 Å². The molecular weight excluding hydrogens is 283 g/mol. The molecule has 0 unspecified atom stereocenters. The fraction of sp³-hybridized carbons (Fsp3) is 0.214. The molecule has 0 saturated heterocycles. The molecule has 1 amide bonds. The van der Waals surface area contributed by atoms with Crippen LogP contribution in [0, 0.1) is 0 Å². The van der Waals surface area contributed by atoms with Crippen LogP contribution in [0.4, 0.5) is 13.2 Å². The highest BCUT2D eigenvalue weighted by Crippen LogP contribution is 2.29. The van der Waals surface area contributed by atoms with Gasteiger partial charge in [0.15, 0.2) is 0 Å². The van der Waals surface area contributed by atoms with Crippen LogP contribution in [0.15, 0.2) is 42.7 Å². The van der Waals surface area contributed by atoms with E-state index in [1.807, 2.05) is 0 Å². The van der Waals surface area contributed by atoms with Gasteiger partial charge in [0, 0.05) is 13.6 Å².